The molecule has 9 heavy (non-hydrogen) atoms. The second-order valence-electron chi connectivity index (χ2n) is 2.86. The van der Waals surface area contributed by atoms with Gasteiger partial charge in [-0.1, -0.05) is 6.92 Å². The van der Waals surface area contributed by atoms with Gasteiger partial charge in [0.25, 0.3) is 0 Å². The minimum Gasteiger partial charge on any atom is -0.389 e. The Morgan fingerprint density at radius 3 is 2.78 bits per heavy atom. The van der Waals surface area contributed by atoms with Crippen LogP contribution in [0, 0.1) is 0 Å². The van der Waals surface area contributed by atoms with Gasteiger partial charge in [0, 0.05) is 6.54 Å². The molecule has 1 rings (SSSR count). The molecule has 0 unspecified atom stereocenters. The molecule has 0 aromatic rings. The van der Waals surface area contributed by atoms with Crippen molar-refractivity contribution >= 4 is 0 Å². The molecule has 2 N–H and O–H groups in total. The fraction of sp³-hybridized carbons (Fsp3) is 1.00. The molecule has 1 atom stereocenters. The van der Waals surface area contributed by atoms with E-state index in [1.165, 1.54) is 0 Å². The topological polar surface area (TPSA) is 32.3 Å². The highest BCUT2D eigenvalue weighted by atomic mass is 16.3. The Kier molecular flexibility index (Phi) is 2.09. The van der Waals surface area contributed by atoms with Gasteiger partial charge in [0.1, 0.15) is 0 Å². The largest absolute Gasteiger partial charge is 0.389 e. The van der Waals surface area contributed by atoms with Crippen molar-refractivity contribution in [1.82, 2.24) is 5.32 Å². The van der Waals surface area contributed by atoms with E-state index in [-0.39, 0.29) is 0 Å². The highest BCUT2D eigenvalue weighted by Crippen LogP contribution is 2.18. The summed E-state index contributed by atoms with van der Waals surface area (Å²) < 4.78 is 0. The van der Waals surface area contributed by atoms with Crippen LogP contribution in [0.2, 0.25) is 0 Å². The van der Waals surface area contributed by atoms with Crippen molar-refractivity contribution in [3.63, 3.8) is 0 Å². The van der Waals surface area contributed by atoms with Crippen LogP contribution in [-0.2, 0) is 0 Å². The second kappa shape index (κ2) is 2.67. The number of rotatable bonds is 1. The fourth-order valence-corrected chi connectivity index (χ4v) is 1.25. The Labute approximate surface area is 56.3 Å². The molecule has 0 spiro atoms. The molecular weight excluding hydrogens is 114 g/mol. The molecule has 0 amide bonds. The third-order valence-corrected chi connectivity index (χ3v) is 2.11. The molecular formula is C7H15NO. The van der Waals surface area contributed by atoms with Crippen molar-refractivity contribution in [3.8, 4) is 0 Å². The minimum absolute atomic E-state index is 0.391. The number of hydrogen-bond donors (Lipinski definition) is 2. The van der Waals surface area contributed by atoms with Crippen molar-refractivity contribution in [2.75, 3.05) is 13.1 Å². The van der Waals surface area contributed by atoms with E-state index < -0.39 is 5.60 Å². The SMILES string of the molecule is CC[C@@]1(O)CCCNC1. The molecule has 2 nitrogen and oxygen atoms in total. The molecule has 0 saturated carbocycles. The van der Waals surface area contributed by atoms with E-state index in [1.807, 2.05) is 6.92 Å². The first-order chi connectivity index (χ1) is 4.27. The highest BCUT2D eigenvalue weighted by Gasteiger charge is 2.26. The summed E-state index contributed by atoms with van der Waals surface area (Å²) in [6.07, 6.45) is 2.96. The van der Waals surface area contributed by atoms with E-state index >= 15 is 0 Å². The van der Waals surface area contributed by atoms with Gasteiger partial charge in [-0.15, -0.1) is 0 Å². The average Bonchev–Trinajstić information content (AvgIpc) is 1.90. The molecule has 0 aliphatic carbocycles. The zero-order chi connectivity index (χ0) is 6.74. The quantitative estimate of drug-likeness (QED) is 0.540. The zero-order valence-corrected chi connectivity index (χ0v) is 5.98. The first kappa shape index (κ1) is 7.03. The Bertz CT molecular complexity index is 86.9. The maximum Gasteiger partial charge on any atom is 0.0769 e. The molecule has 1 heterocycles. The number of nitrogens with one attached hydrogen (secondary N) is 1. The number of hydrogen-bond acceptors (Lipinski definition) is 2. The fourth-order valence-electron chi connectivity index (χ4n) is 1.25. The van der Waals surface area contributed by atoms with Crippen LogP contribution in [0.25, 0.3) is 0 Å². The Balaban J connectivity index is 2.37. The summed E-state index contributed by atoms with van der Waals surface area (Å²) in [4.78, 5) is 0. The van der Waals surface area contributed by atoms with E-state index in [2.05, 4.69) is 5.32 Å². The maximum absolute atomic E-state index is 9.62. The van der Waals surface area contributed by atoms with Crippen LogP contribution in [0.5, 0.6) is 0 Å². The van der Waals surface area contributed by atoms with Crippen molar-refractivity contribution in [3.05, 3.63) is 0 Å². The van der Waals surface area contributed by atoms with Crippen molar-refractivity contribution < 1.29 is 5.11 Å². The van der Waals surface area contributed by atoms with Gasteiger partial charge in [0.2, 0.25) is 0 Å². The van der Waals surface area contributed by atoms with Gasteiger partial charge in [-0.05, 0) is 25.8 Å². The number of piperidine rings is 1. The molecule has 0 aromatic carbocycles. The summed E-state index contributed by atoms with van der Waals surface area (Å²) in [6.45, 7) is 3.89. The molecule has 2 heteroatoms. The van der Waals surface area contributed by atoms with Crippen LogP contribution in [0.1, 0.15) is 26.2 Å². The second-order valence-corrected chi connectivity index (χ2v) is 2.86. The van der Waals surface area contributed by atoms with Crippen LogP contribution in [0.3, 0.4) is 0 Å². The van der Waals surface area contributed by atoms with Gasteiger partial charge in [0.05, 0.1) is 5.60 Å². The Hall–Kier alpha value is -0.0800. The first-order valence-corrected chi connectivity index (χ1v) is 3.70. The lowest BCUT2D eigenvalue weighted by molar-refractivity contribution is 0.0131. The Morgan fingerprint density at radius 1 is 1.67 bits per heavy atom. The maximum atomic E-state index is 9.62. The van der Waals surface area contributed by atoms with Crippen LogP contribution in [-0.4, -0.2) is 23.8 Å². The van der Waals surface area contributed by atoms with Crippen molar-refractivity contribution in [1.29, 1.82) is 0 Å². The zero-order valence-electron chi connectivity index (χ0n) is 5.98. The van der Waals surface area contributed by atoms with Crippen LogP contribution in [0.4, 0.5) is 0 Å². The molecule has 1 aliphatic heterocycles. The average molecular weight is 129 g/mol. The Morgan fingerprint density at radius 2 is 2.44 bits per heavy atom. The van der Waals surface area contributed by atoms with Gasteiger partial charge >= 0.3 is 0 Å². The standard InChI is InChI=1S/C7H15NO/c1-2-7(9)4-3-5-8-6-7/h8-9H,2-6H2,1H3/t7-/m1/s1. The van der Waals surface area contributed by atoms with E-state index in [0.29, 0.717) is 0 Å². The predicted octanol–water partition coefficient (Wildman–Crippen LogP) is 0.511. The van der Waals surface area contributed by atoms with Crippen LogP contribution < -0.4 is 5.32 Å². The number of aliphatic hydroxyl groups is 1. The van der Waals surface area contributed by atoms with Gasteiger partial charge in [-0.25, -0.2) is 0 Å². The van der Waals surface area contributed by atoms with Crippen molar-refractivity contribution in [2.24, 2.45) is 0 Å². The lowest BCUT2D eigenvalue weighted by Gasteiger charge is -2.31. The van der Waals surface area contributed by atoms with E-state index in [1.54, 1.807) is 0 Å². The molecule has 54 valence electrons. The third-order valence-electron chi connectivity index (χ3n) is 2.11. The summed E-state index contributed by atoms with van der Waals surface area (Å²) in [7, 11) is 0. The van der Waals surface area contributed by atoms with Crippen molar-refractivity contribution in [2.45, 2.75) is 31.8 Å². The van der Waals surface area contributed by atoms with E-state index in [4.69, 9.17) is 0 Å². The summed E-state index contributed by atoms with van der Waals surface area (Å²) >= 11 is 0. The molecule has 0 bridgehead atoms. The normalized spacial score (nSPS) is 36.7. The summed E-state index contributed by atoms with van der Waals surface area (Å²) in [5.74, 6) is 0. The lowest BCUT2D eigenvalue weighted by Crippen LogP contribution is -2.44. The minimum atomic E-state index is -0.391. The molecule has 0 aromatic heterocycles. The van der Waals surface area contributed by atoms with Gasteiger partial charge < -0.3 is 10.4 Å². The monoisotopic (exact) mass is 129 g/mol. The summed E-state index contributed by atoms with van der Waals surface area (Å²) in [5.41, 5.74) is -0.391. The third kappa shape index (κ3) is 1.66. The van der Waals surface area contributed by atoms with Gasteiger partial charge in [-0.3, -0.25) is 0 Å². The molecule has 1 saturated heterocycles. The molecule has 0 radical (unpaired) electrons. The van der Waals surface area contributed by atoms with E-state index in [0.717, 1.165) is 32.4 Å². The van der Waals surface area contributed by atoms with E-state index in [9.17, 15) is 5.11 Å². The van der Waals surface area contributed by atoms with Crippen LogP contribution in [0.15, 0.2) is 0 Å². The predicted molar refractivity (Wildman–Crippen MR) is 37.3 cm³/mol. The van der Waals surface area contributed by atoms with Gasteiger partial charge in [-0.2, -0.15) is 0 Å². The molecule has 1 aliphatic rings. The highest BCUT2D eigenvalue weighted by molar-refractivity contribution is 4.83. The first-order valence-electron chi connectivity index (χ1n) is 3.70. The molecule has 1 fully saturated rings. The van der Waals surface area contributed by atoms with Crippen LogP contribution >= 0.6 is 0 Å². The summed E-state index contributed by atoms with van der Waals surface area (Å²) in [6, 6.07) is 0. The smallest absolute Gasteiger partial charge is 0.0769 e. The number of β-amino-alcohol motifs (C(OH)–C–C–N with tert-alkyl or cyclic N) is 1. The lowest BCUT2D eigenvalue weighted by atomic mass is 9.92. The van der Waals surface area contributed by atoms with Gasteiger partial charge in [0.15, 0.2) is 0 Å². The summed E-state index contributed by atoms with van der Waals surface area (Å²) in [5, 5.41) is 12.8.